The number of halogens is 1. The van der Waals surface area contributed by atoms with Crippen LogP contribution in [0.2, 0.25) is 0 Å². The number of rotatable bonds is 4. The van der Waals surface area contributed by atoms with Gasteiger partial charge >= 0.3 is 0 Å². The van der Waals surface area contributed by atoms with Gasteiger partial charge in [-0.1, -0.05) is 15.9 Å². The van der Waals surface area contributed by atoms with Crippen molar-refractivity contribution in [2.45, 2.75) is 19.9 Å². The van der Waals surface area contributed by atoms with Crippen LogP contribution in [-0.4, -0.2) is 20.7 Å². The van der Waals surface area contributed by atoms with Crippen LogP contribution in [0.25, 0.3) is 11.0 Å². The fraction of sp³-hybridized carbons (Fsp3) is 0.176. The fourth-order valence-electron chi connectivity index (χ4n) is 2.58. The molecule has 0 aliphatic rings. The van der Waals surface area contributed by atoms with Gasteiger partial charge in [-0.05, 0) is 56.3 Å². The molecule has 0 bridgehead atoms. The zero-order valence-electron chi connectivity index (χ0n) is 13.2. The number of imidazole rings is 1. The number of carbonyl (C=O) groups is 1. The second kappa shape index (κ2) is 6.62. The average molecular weight is 389 g/mol. The molecule has 1 amide bonds. The lowest BCUT2D eigenvalue weighted by molar-refractivity contribution is 0.0706. The Morgan fingerprint density at radius 3 is 2.54 bits per heavy atom. The summed E-state index contributed by atoms with van der Waals surface area (Å²) in [6, 6.07) is 13.0. The molecule has 0 saturated carbocycles. The van der Waals surface area contributed by atoms with Crippen LogP contribution < -0.4 is 10.8 Å². The van der Waals surface area contributed by atoms with E-state index >= 15 is 0 Å². The number of fused-ring (bicyclic) bond motifs is 1. The number of nitrogens with zero attached hydrogens (tertiary/aromatic N) is 2. The maximum atomic E-state index is 11.4. The highest BCUT2D eigenvalue weighted by atomic mass is 79.9. The van der Waals surface area contributed by atoms with Crippen LogP contribution in [0.1, 0.15) is 30.2 Å². The maximum Gasteiger partial charge on any atom is 0.274 e. The average Bonchev–Trinajstić information content (AvgIpc) is 2.91. The summed E-state index contributed by atoms with van der Waals surface area (Å²) in [6.45, 7) is 4.20. The predicted octanol–water partition coefficient (Wildman–Crippen LogP) is 4.24. The predicted molar refractivity (Wildman–Crippen MR) is 96.8 cm³/mol. The monoisotopic (exact) mass is 388 g/mol. The van der Waals surface area contributed by atoms with Crippen molar-refractivity contribution < 1.29 is 10.0 Å². The Balaban J connectivity index is 1.97. The molecule has 0 atom stereocenters. The third-order valence-electron chi connectivity index (χ3n) is 3.67. The molecule has 0 spiro atoms. The van der Waals surface area contributed by atoms with Crippen molar-refractivity contribution in [1.29, 1.82) is 0 Å². The molecular formula is C17H17BrN4O2. The molecule has 0 aliphatic carbocycles. The smallest absolute Gasteiger partial charge is 0.274 e. The largest absolute Gasteiger partial charge is 0.326 e. The van der Waals surface area contributed by atoms with Crippen molar-refractivity contribution in [2.24, 2.45) is 0 Å². The van der Waals surface area contributed by atoms with Crippen LogP contribution in [0.5, 0.6) is 0 Å². The molecule has 0 unspecified atom stereocenters. The van der Waals surface area contributed by atoms with Crippen LogP contribution in [0, 0.1) is 0 Å². The first-order valence-electron chi connectivity index (χ1n) is 7.48. The molecule has 3 rings (SSSR count). The normalized spacial score (nSPS) is 11.0. The Hall–Kier alpha value is -2.38. The van der Waals surface area contributed by atoms with Gasteiger partial charge in [-0.3, -0.25) is 10.0 Å². The van der Waals surface area contributed by atoms with Gasteiger partial charge in [0.2, 0.25) is 5.95 Å². The van der Waals surface area contributed by atoms with Crippen molar-refractivity contribution in [1.82, 2.24) is 15.0 Å². The lowest BCUT2D eigenvalue weighted by atomic mass is 10.2. The summed E-state index contributed by atoms with van der Waals surface area (Å²) in [7, 11) is 0. The van der Waals surface area contributed by atoms with E-state index in [2.05, 4.69) is 44.6 Å². The number of nitrogens with one attached hydrogen (secondary N) is 2. The van der Waals surface area contributed by atoms with Gasteiger partial charge in [-0.15, -0.1) is 0 Å². The number of hydrogen-bond acceptors (Lipinski definition) is 4. The molecule has 6 nitrogen and oxygen atoms in total. The van der Waals surface area contributed by atoms with Gasteiger partial charge < -0.3 is 9.88 Å². The molecule has 0 aliphatic heterocycles. The Kier molecular flexibility index (Phi) is 4.55. The summed E-state index contributed by atoms with van der Waals surface area (Å²) in [5.74, 6) is 0.193. The SMILES string of the molecule is CC(C)n1c(Nc2ccc(C(=O)NO)cc2)nc2cc(Br)ccc21. The fourth-order valence-corrected chi connectivity index (χ4v) is 2.93. The maximum absolute atomic E-state index is 11.4. The van der Waals surface area contributed by atoms with Gasteiger partial charge in [0, 0.05) is 21.8 Å². The number of hydrogen-bond donors (Lipinski definition) is 3. The van der Waals surface area contributed by atoms with Crippen LogP contribution in [0.3, 0.4) is 0 Å². The number of amides is 1. The molecular weight excluding hydrogens is 372 g/mol. The van der Waals surface area contributed by atoms with Crippen LogP contribution >= 0.6 is 15.9 Å². The zero-order chi connectivity index (χ0) is 17.3. The molecule has 0 fully saturated rings. The summed E-state index contributed by atoms with van der Waals surface area (Å²) in [6.07, 6.45) is 0. The topological polar surface area (TPSA) is 79.2 Å². The van der Waals surface area contributed by atoms with Crippen molar-refractivity contribution >= 4 is 44.5 Å². The Morgan fingerprint density at radius 2 is 1.92 bits per heavy atom. The molecule has 124 valence electrons. The van der Waals surface area contributed by atoms with Gasteiger partial charge in [-0.2, -0.15) is 0 Å². The lowest BCUT2D eigenvalue weighted by Gasteiger charge is -2.14. The second-order valence-electron chi connectivity index (χ2n) is 5.68. The number of carbonyl (C=O) groups excluding carboxylic acids is 1. The molecule has 2 aromatic carbocycles. The molecule has 0 saturated heterocycles. The molecule has 1 aromatic heterocycles. The van der Waals surface area contributed by atoms with E-state index < -0.39 is 5.91 Å². The van der Waals surface area contributed by atoms with E-state index in [9.17, 15) is 4.79 Å². The first kappa shape index (κ1) is 16.5. The van der Waals surface area contributed by atoms with Crippen LogP contribution in [-0.2, 0) is 0 Å². The summed E-state index contributed by atoms with van der Waals surface area (Å²) in [5, 5.41) is 12.0. The van der Waals surface area contributed by atoms with Crippen molar-refractivity contribution in [3.63, 3.8) is 0 Å². The minimum atomic E-state index is -0.541. The van der Waals surface area contributed by atoms with E-state index in [0.29, 0.717) is 5.56 Å². The highest BCUT2D eigenvalue weighted by Gasteiger charge is 2.14. The lowest BCUT2D eigenvalue weighted by Crippen LogP contribution is -2.18. The summed E-state index contributed by atoms with van der Waals surface area (Å²) < 4.78 is 3.10. The van der Waals surface area contributed by atoms with E-state index in [-0.39, 0.29) is 6.04 Å². The minimum absolute atomic E-state index is 0.234. The number of aromatic nitrogens is 2. The van der Waals surface area contributed by atoms with E-state index in [4.69, 9.17) is 5.21 Å². The summed E-state index contributed by atoms with van der Waals surface area (Å²) in [4.78, 5) is 16.0. The molecule has 7 heteroatoms. The molecule has 3 aromatic rings. The van der Waals surface area contributed by atoms with E-state index in [1.165, 1.54) is 0 Å². The quantitative estimate of drug-likeness (QED) is 0.461. The number of benzene rings is 2. The van der Waals surface area contributed by atoms with Gasteiger partial charge in [0.05, 0.1) is 11.0 Å². The van der Waals surface area contributed by atoms with Crippen LogP contribution in [0.15, 0.2) is 46.9 Å². The first-order chi connectivity index (χ1) is 11.5. The highest BCUT2D eigenvalue weighted by Crippen LogP contribution is 2.28. The standard InChI is InChI=1S/C17H17BrN4O2/c1-10(2)22-15-8-5-12(18)9-14(15)20-17(22)19-13-6-3-11(4-7-13)16(23)21-24/h3-10,24H,1-2H3,(H,19,20)(H,21,23). The van der Waals surface area contributed by atoms with Crippen molar-refractivity contribution in [3.8, 4) is 0 Å². The van der Waals surface area contributed by atoms with Gasteiger partial charge in [0.25, 0.3) is 5.91 Å². The molecule has 3 N–H and O–H groups in total. The zero-order valence-corrected chi connectivity index (χ0v) is 14.8. The van der Waals surface area contributed by atoms with Gasteiger partial charge in [0.1, 0.15) is 0 Å². The van der Waals surface area contributed by atoms with Crippen molar-refractivity contribution in [2.75, 3.05) is 5.32 Å². The third-order valence-corrected chi connectivity index (χ3v) is 4.17. The highest BCUT2D eigenvalue weighted by molar-refractivity contribution is 9.10. The van der Waals surface area contributed by atoms with E-state index in [1.807, 2.05) is 18.2 Å². The minimum Gasteiger partial charge on any atom is -0.326 e. The molecule has 0 radical (unpaired) electrons. The molecule has 24 heavy (non-hydrogen) atoms. The van der Waals surface area contributed by atoms with Gasteiger partial charge in [0.15, 0.2) is 0 Å². The van der Waals surface area contributed by atoms with E-state index in [0.717, 1.165) is 27.1 Å². The Bertz CT molecular complexity index is 887. The van der Waals surface area contributed by atoms with Crippen LogP contribution in [0.4, 0.5) is 11.6 Å². The third kappa shape index (κ3) is 3.13. The van der Waals surface area contributed by atoms with E-state index in [1.54, 1.807) is 29.7 Å². The first-order valence-corrected chi connectivity index (χ1v) is 8.28. The van der Waals surface area contributed by atoms with Crippen molar-refractivity contribution in [3.05, 3.63) is 52.5 Å². The number of anilines is 2. The summed E-state index contributed by atoms with van der Waals surface area (Å²) >= 11 is 3.47. The summed E-state index contributed by atoms with van der Waals surface area (Å²) in [5.41, 5.74) is 4.75. The number of hydroxylamine groups is 1. The second-order valence-corrected chi connectivity index (χ2v) is 6.59. The molecule has 1 heterocycles. The Labute approximate surface area is 147 Å². The Morgan fingerprint density at radius 1 is 1.21 bits per heavy atom. The van der Waals surface area contributed by atoms with Gasteiger partial charge in [-0.25, -0.2) is 10.5 Å².